The van der Waals surface area contributed by atoms with Crippen LogP contribution in [0.1, 0.15) is 15.6 Å². The number of halogens is 2. The van der Waals surface area contributed by atoms with Crippen LogP contribution in [0.25, 0.3) is 22.8 Å². The minimum Gasteiger partial charge on any atom is -0.330 e. The lowest BCUT2D eigenvalue weighted by molar-refractivity contribution is -0.132. The van der Waals surface area contributed by atoms with Crippen molar-refractivity contribution in [1.29, 1.82) is 0 Å². The maximum atomic E-state index is 13.4. The fourth-order valence-electron chi connectivity index (χ4n) is 3.56. The SMILES string of the molecule is Cc1nc2c(s1)CN(C(=O)Cn1nc(-c3ccc(F)cc3)nc1-c1ccc(F)cc1)C2. The van der Waals surface area contributed by atoms with Gasteiger partial charge in [-0.25, -0.2) is 23.4 Å². The van der Waals surface area contributed by atoms with E-state index in [2.05, 4.69) is 15.1 Å². The number of nitrogens with zero attached hydrogens (tertiary/aromatic N) is 5. The number of benzene rings is 2. The molecule has 0 spiro atoms. The van der Waals surface area contributed by atoms with Gasteiger partial charge in [0.05, 0.1) is 23.8 Å². The number of hydrogen-bond acceptors (Lipinski definition) is 5. The molecule has 0 radical (unpaired) electrons. The molecule has 0 N–H and O–H groups in total. The zero-order valence-corrected chi connectivity index (χ0v) is 17.4. The van der Waals surface area contributed by atoms with Crippen molar-refractivity contribution in [2.24, 2.45) is 0 Å². The lowest BCUT2D eigenvalue weighted by atomic mass is 10.2. The summed E-state index contributed by atoms with van der Waals surface area (Å²) in [6, 6.07) is 11.7. The van der Waals surface area contributed by atoms with Gasteiger partial charge < -0.3 is 4.90 Å². The molecule has 0 bridgehead atoms. The van der Waals surface area contributed by atoms with Gasteiger partial charge in [0.15, 0.2) is 11.6 Å². The summed E-state index contributed by atoms with van der Waals surface area (Å²) in [4.78, 5) is 24.9. The molecular formula is C22H17F2N5OS. The second kappa shape index (κ2) is 7.66. The molecule has 0 fully saturated rings. The fourth-order valence-corrected chi connectivity index (χ4v) is 4.52. The van der Waals surface area contributed by atoms with Gasteiger partial charge in [0.25, 0.3) is 0 Å². The number of fused-ring (bicyclic) bond motifs is 1. The number of carbonyl (C=O) groups is 1. The molecule has 3 heterocycles. The quantitative estimate of drug-likeness (QED) is 0.480. The van der Waals surface area contributed by atoms with Crippen LogP contribution in [0.4, 0.5) is 8.78 Å². The largest absolute Gasteiger partial charge is 0.330 e. The Hall–Kier alpha value is -3.46. The lowest BCUT2D eigenvalue weighted by Gasteiger charge is -2.16. The van der Waals surface area contributed by atoms with Crippen LogP contribution >= 0.6 is 11.3 Å². The molecule has 4 aromatic rings. The molecule has 2 aromatic heterocycles. The second-order valence-electron chi connectivity index (χ2n) is 7.28. The molecule has 9 heteroatoms. The Morgan fingerprint density at radius 1 is 0.968 bits per heavy atom. The van der Waals surface area contributed by atoms with Gasteiger partial charge in [-0.15, -0.1) is 16.4 Å². The van der Waals surface area contributed by atoms with Crippen LogP contribution in [0.2, 0.25) is 0 Å². The highest BCUT2D eigenvalue weighted by atomic mass is 32.1. The molecule has 0 saturated carbocycles. The molecule has 0 saturated heterocycles. The molecule has 1 aliphatic heterocycles. The summed E-state index contributed by atoms with van der Waals surface area (Å²) in [7, 11) is 0. The Kier molecular flexibility index (Phi) is 4.82. The fraction of sp³-hybridized carbons (Fsp3) is 0.182. The highest BCUT2D eigenvalue weighted by molar-refractivity contribution is 7.11. The van der Waals surface area contributed by atoms with Crippen molar-refractivity contribution in [3.63, 3.8) is 0 Å². The number of thiazole rings is 1. The molecule has 6 nitrogen and oxygen atoms in total. The summed E-state index contributed by atoms with van der Waals surface area (Å²) in [6.07, 6.45) is 0. The van der Waals surface area contributed by atoms with Crippen LogP contribution in [0.5, 0.6) is 0 Å². The normalized spacial score (nSPS) is 12.9. The van der Waals surface area contributed by atoms with E-state index in [9.17, 15) is 13.6 Å². The number of aryl methyl sites for hydroxylation is 1. The van der Waals surface area contributed by atoms with Crippen molar-refractivity contribution < 1.29 is 13.6 Å². The van der Waals surface area contributed by atoms with E-state index in [0.29, 0.717) is 35.9 Å². The van der Waals surface area contributed by atoms with Crippen molar-refractivity contribution in [3.8, 4) is 22.8 Å². The van der Waals surface area contributed by atoms with E-state index in [0.717, 1.165) is 15.6 Å². The van der Waals surface area contributed by atoms with E-state index >= 15 is 0 Å². The zero-order chi connectivity index (χ0) is 21.5. The predicted molar refractivity (Wildman–Crippen MR) is 112 cm³/mol. The molecule has 156 valence electrons. The minimum absolute atomic E-state index is 0.0190. The van der Waals surface area contributed by atoms with Crippen molar-refractivity contribution in [1.82, 2.24) is 24.6 Å². The summed E-state index contributed by atoms with van der Waals surface area (Å²) in [5.74, 6) is -0.0274. The zero-order valence-electron chi connectivity index (χ0n) is 16.5. The van der Waals surface area contributed by atoms with E-state index in [-0.39, 0.29) is 24.1 Å². The van der Waals surface area contributed by atoms with Gasteiger partial charge in [-0.3, -0.25) is 4.79 Å². The van der Waals surface area contributed by atoms with Gasteiger partial charge in [0.1, 0.15) is 18.2 Å². The van der Waals surface area contributed by atoms with E-state index in [1.807, 2.05) is 6.92 Å². The standard InChI is InChI=1S/C22H17F2N5OS/c1-13-25-18-10-28(11-19(18)31-13)20(30)12-29-22(15-4-8-17(24)9-5-15)26-21(27-29)14-2-6-16(23)7-3-14/h2-9H,10-12H2,1H3. The Labute approximate surface area is 180 Å². The maximum Gasteiger partial charge on any atom is 0.245 e. The highest BCUT2D eigenvalue weighted by Crippen LogP contribution is 2.29. The summed E-state index contributed by atoms with van der Waals surface area (Å²) >= 11 is 1.60. The Balaban J connectivity index is 1.46. The topological polar surface area (TPSA) is 63.9 Å². The Morgan fingerprint density at radius 3 is 2.26 bits per heavy atom. The molecular weight excluding hydrogens is 420 g/mol. The van der Waals surface area contributed by atoms with Crippen molar-refractivity contribution in [2.45, 2.75) is 26.6 Å². The smallest absolute Gasteiger partial charge is 0.245 e. The first-order chi connectivity index (χ1) is 15.0. The number of aromatic nitrogens is 4. The number of hydrogen-bond donors (Lipinski definition) is 0. The summed E-state index contributed by atoms with van der Waals surface area (Å²) in [5.41, 5.74) is 2.20. The van der Waals surface area contributed by atoms with Crippen LogP contribution < -0.4 is 0 Å². The first-order valence-corrected chi connectivity index (χ1v) is 10.5. The van der Waals surface area contributed by atoms with Gasteiger partial charge >= 0.3 is 0 Å². The van der Waals surface area contributed by atoms with Crippen molar-refractivity contribution >= 4 is 17.2 Å². The number of rotatable bonds is 4. The first-order valence-electron chi connectivity index (χ1n) is 9.66. The maximum absolute atomic E-state index is 13.4. The van der Waals surface area contributed by atoms with Gasteiger partial charge in [-0.1, -0.05) is 0 Å². The summed E-state index contributed by atoms with van der Waals surface area (Å²) in [6.45, 7) is 2.94. The number of carbonyl (C=O) groups excluding carboxylic acids is 1. The number of amides is 1. The third-order valence-corrected chi connectivity index (χ3v) is 6.07. The van der Waals surface area contributed by atoms with Crippen LogP contribution in [0, 0.1) is 18.6 Å². The van der Waals surface area contributed by atoms with Crippen LogP contribution in [-0.4, -0.2) is 30.6 Å². The molecule has 0 unspecified atom stereocenters. The predicted octanol–water partition coefficient (Wildman–Crippen LogP) is 4.20. The first kappa shape index (κ1) is 19.5. The Bertz CT molecular complexity index is 1240. The van der Waals surface area contributed by atoms with Crippen LogP contribution in [0.15, 0.2) is 48.5 Å². The van der Waals surface area contributed by atoms with Crippen LogP contribution in [0.3, 0.4) is 0 Å². The molecule has 1 amide bonds. The van der Waals surface area contributed by atoms with Crippen molar-refractivity contribution in [3.05, 3.63) is 75.7 Å². The molecule has 1 aliphatic rings. The molecule has 5 rings (SSSR count). The molecule has 2 aromatic carbocycles. The minimum atomic E-state index is -0.365. The van der Waals surface area contributed by atoms with E-state index in [1.54, 1.807) is 40.5 Å². The average molecular weight is 437 g/mol. The Morgan fingerprint density at radius 2 is 1.61 bits per heavy atom. The van der Waals surface area contributed by atoms with E-state index in [1.165, 1.54) is 28.9 Å². The molecule has 31 heavy (non-hydrogen) atoms. The van der Waals surface area contributed by atoms with Crippen LogP contribution in [-0.2, 0) is 24.4 Å². The monoisotopic (exact) mass is 437 g/mol. The summed E-state index contributed by atoms with van der Waals surface area (Å²) in [5, 5.41) is 5.50. The summed E-state index contributed by atoms with van der Waals surface area (Å²) < 4.78 is 28.2. The molecule has 0 atom stereocenters. The highest BCUT2D eigenvalue weighted by Gasteiger charge is 2.27. The second-order valence-corrected chi connectivity index (χ2v) is 8.57. The van der Waals surface area contributed by atoms with E-state index < -0.39 is 0 Å². The van der Waals surface area contributed by atoms with Gasteiger partial charge in [-0.2, -0.15) is 0 Å². The van der Waals surface area contributed by atoms with Gasteiger partial charge in [0.2, 0.25) is 5.91 Å². The molecule has 0 aliphatic carbocycles. The third kappa shape index (κ3) is 3.84. The van der Waals surface area contributed by atoms with E-state index in [4.69, 9.17) is 0 Å². The van der Waals surface area contributed by atoms with Crippen molar-refractivity contribution in [2.75, 3.05) is 0 Å². The third-order valence-electron chi connectivity index (χ3n) is 5.07. The lowest BCUT2D eigenvalue weighted by Crippen LogP contribution is -2.30. The van der Waals surface area contributed by atoms with Gasteiger partial charge in [0, 0.05) is 16.0 Å². The average Bonchev–Trinajstić information content (AvgIpc) is 3.42. The van der Waals surface area contributed by atoms with Gasteiger partial charge in [-0.05, 0) is 55.5 Å².